The van der Waals surface area contributed by atoms with E-state index >= 15 is 0 Å². The highest BCUT2D eigenvalue weighted by atomic mass is 35.5. The summed E-state index contributed by atoms with van der Waals surface area (Å²) in [6.45, 7) is 0.927. The third-order valence-corrected chi connectivity index (χ3v) is 7.53. The van der Waals surface area contributed by atoms with E-state index in [1.54, 1.807) is 19.2 Å². The largest absolute Gasteiger partial charge is 0.497 e. The molecule has 0 bridgehead atoms. The highest BCUT2D eigenvalue weighted by Gasteiger charge is 2.34. The molecule has 1 aliphatic rings. The van der Waals surface area contributed by atoms with Gasteiger partial charge in [-0.05, 0) is 61.2 Å². The minimum Gasteiger partial charge on any atom is -0.497 e. The van der Waals surface area contributed by atoms with Gasteiger partial charge in [0.05, 0.1) is 12.0 Å². The molecule has 1 fully saturated rings. The van der Waals surface area contributed by atoms with Crippen molar-refractivity contribution in [3.05, 3.63) is 59.1 Å². The second-order valence-electron chi connectivity index (χ2n) is 7.37. The van der Waals surface area contributed by atoms with Crippen LogP contribution in [0.15, 0.2) is 53.4 Å². The number of nitrogens with one attached hydrogen (secondary N) is 1. The van der Waals surface area contributed by atoms with Crippen LogP contribution in [0.3, 0.4) is 0 Å². The van der Waals surface area contributed by atoms with Crippen molar-refractivity contribution < 1.29 is 17.9 Å². The van der Waals surface area contributed by atoms with Gasteiger partial charge in [-0.1, -0.05) is 30.2 Å². The SMILES string of the molecule is COc1ccc(CCNC(=O)CC2CCCCN2S(=O)(=O)c2ccc(Cl)cc2)cc1. The lowest BCUT2D eigenvalue weighted by atomic mass is 10.0. The van der Waals surface area contributed by atoms with Crippen molar-refractivity contribution in [3.63, 3.8) is 0 Å². The van der Waals surface area contributed by atoms with Gasteiger partial charge in [0.25, 0.3) is 0 Å². The molecular formula is C22H27ClN2O4S. The van der Waals surface area contributed by atoms with Gasteiger partial charge in [0.15, 0.2) is 0 Å². The van der Waals surface area contributed by atoms with Crippen LogP contribution in [0.2, 0.25) is 5.02 Å². The minimum absolute atomic E-state index is 0.133. The Balaban J connectivity index is 1.57. The van der Waals surface area contributed by atoms with Gasteiger partial charge in [0.1, 0.15) is 5.75 Å². The maximum atomic E-state index is 13.1. The Bertz CT molecular complexity index is 946. The van der Waals surface area contributed by atoms with Gasteiger partial charge in [-0.15, -0.1) is 0 Å². The summed E-state index contributed by atoms with van der Waals surface area (Å²) < 4.78 is 32.8. The molecule has 8 heteroatoms. The number of halogens is 1. The Morgan fingerprint density at radius 3 is 2.50 bits per heavy atom. The molecule has 1 unspecified atom stereocenters. The average molecular weight is 451 g/mol. The summed E-state index contributed by atoms with van der Waals surface area (Å²) in [4.78, 5) is 12.7. The third-order valence-electron chi connectivity index (χ3n) is 5.31. The van der Waals surface area contributed by atoms with Gasteiger partial charge in [0, 0.05) is 30.6 Å². The number of sulfonamides is 1. The molecule has 3 rings (SSSR count). The summed E-state index contributed by atoms with van der Waals surface area (Å²) >= 11 is 5.89. The van der Waals surface area contributed by atoms with Crippen LogP contribution in [0.25, 0.3) is 0 Å². The first-order valence-corrected chi connectivity index (χ1v) is 11.9. The van der Waals surface area contributed by atoms with Crippen molar-refractivity contribution >= 4 is 27.5 Å². The van der Waals surface area contributed by atoms with Crippen LogP contribution >= 0.6 is 11.6 Å². The number of methoxy groups -OCH3 is 1. The first kappa shape index (κ1) is 22.6. The molecule has 0 radical (unpaired) electrons. The predicted octanol–water partition coefficient (Wildman–Crippen LogP) is 3.64. The molecule has 2 aromatic rings. The number of amides is 1. The number of piperidine rings is 1. The Morgan fingerprint density at radius 2 is 1.83 bits per heavy atom. The summed E-state index contributed by atoms with van der Waals surface area (Å²) in [6.07, 6.45) is 3.25. The van der Waals surface area contributed by atoms with Crippen LogP contribution in [-0.4, -0.2) is 44.9 Å². The molecule has 1 amide bonds. The van der Waals surface area contributed by atoms with Gasteiger partial charge in [0.2, 0.25) is 15.9 Å². The number of ether oxygens (including phenoxy) is 1. The molecule has 1 saturated heterocycles. The number of carbonyl (C=O) groups is 1. The van der Waals surface area contributed by atoms with E-state index in [0.717, 1.165) is 24.2 Å². The summed E-state index contributed by atoms with van der Waals surface area (Å²) in [7, 11) is -2.04. The molecule has 1 atom stereocenters. The molecule has 162 valence electrons. The lowest BCUT2D eigenvalue weighted by Gasteiger charge is -2.34. The average Bonchev–Trinajstić information content (AvgIpc) is 2.75. The van der Waals surface area contributed by atoms with E-state index in [4.69, 9.17) is 16.3 Å². The van der Waals surface area contributed by atoms with E-state index in [9.17, 15) is 13.2 Å². The fourth-order valence-electron chi connectivity index (χ4n) is 3.66. The number of hydrogen-bond donors (Lipinski definition) is 1. The molecule has 1 heterocycles. The van der Waals surface area contributed by atoms with Crippen LogP contribution in [0.1, 0.15) is 31.2 Å². The van der Waals surface area contributed by atoms with E-state index < -0.39 is 10.0 Å². The zero-order valence-electron chi connectivity index (χ0n) is 17.0. The Hall–Kier alpha value is -2.09. The molecule has 0 aliphatic carbocycles. The number of benzene rings is 2. The van der Waals surface area contributed by atoms with E-state index in [1.165, 1.54) is 16.4 Å². The molecule has 2 aromatic carbocycles. The molecule has 0 aromatic heterocycles. The van der Waals surface area contributed by atoms with Crippen LogP contribution in [-0.2, 0) is 21.2 Å². The lowest BCUT2D eigenvalue weighted by Crippen LogP contribution is -2.46. The summed E-state index contributed by atoms with van der Waals surface area (Å²) in [5, 5.41) is 3.40. The number of nitrogens with zero attached hydrogens (tertiary/aromatic N) is 1. The number of hydrogen-bond acceptors (Lipinski definition) is 4. The predicted molar refractivity (Wildman–Crippen MR) is 117 cm³/mol. The van der Waals surface area contributed by atoms with Crippen LogP contribution in [0.5, 0.6) is 5.75 Å². The fraction of sp³-hybridized carbons (Fsp3) is 0.409. The quantitative estimate of drug-likeness (QED) is 0.666. The van der Waals surface area contributed by atoms with E-state index in [0.29, 0.717) is 31.0 Å². The van der Waals surface area contributed by atoms with Crippen LogP contribution < -0.4 is 10.1 Å². The standard InChI is InChI=1S/C22H27ClN2O4S/c1-29-20-9-5-17(6-10-20)13-14-24-22(26)16-19-4-2-3-15-25(19)30(27,28)21-11-7-18(23)8-12-21/h5-12,19H,2-4,13-16H2,1H3,(H,24,26). The Morgan fingerprint density at radius 1 is 1.13 bits per heavy atom. The molecule has 0 saturated carbocycles. The lowest BCUT2D eigenvalue weighted by molar-refractivity contribution is -0.122. The van der Waals surface area contributed by atoms with Gasteiger partial charge in [-0.2, -0.15) is 4.31 Å². The maximum Gasteiger partial charge on any atom is 0.243 e. The van der Waals surface area contributed by atoms with Crippen molar-refractivity contribution in [1.82, 2.24) is 9.62 Å². The highest BCUT2D eigenvalue weighted by Crippen LogP contribution is 2.27. The molecular weight excluding hydrogens is 424 g/mol. The summed E-state index contributed by atoms with van der Waals surface area (Å²) in [5.41, 5.74) is 1.10. The van der Waals surface area contributed by atoms with Crippen molar-refractivity contribution in [2.75, 3.05) is 20.2 Å². The fourth-order valence-corrected chi connectivity index (χ4v) is 5.48. The van der Waals surface area contributed by atoms with E-state index in [1.807, 2.05) is 24.3 Å². The van der Waals surface area contributed by atoms with Crippen LogP contribution in [0, 0.1) is 0 Å². The normalized spacial score (nSPS) is 17.5. The zero-order valence-corrected chi connectivity index (χ0v) is 18.6. The molecule has 0 spiro atoms. The maximum absolute atomic E-state index is 13.1. The topological polar surface area (TPSA) is 75.7 Å². The van der Waals surface area contributed by atoms with Gasteiger partial charge < -0.3 is 10.1 Å². The van der Waals surface area contributed by atoms with Gasteiger partial charge >= 0.3 is 0 Å². The minimum atomic E-state index is -3.66. The second-order valence-corrected chi connectivity index (χ2v) is 9.70. The third kappa shape index (κ3) is 5.74. The van der Waals surface area contributed by atoms with Crippen molar-refractivity contribution in [2.45, 2.75) is 43.0 Å². The number of carbonyl (C=O) groups excluding carboxylic acids is 1. The second kappa shape index (κ2) is 10.3. The van der Waals surface area contributed by atoms with E-state index in [2.05, 4.69) is 5.32 Å². The van der Waals surface area contributed by atoms with Crippen molar-refractivity contribution in [1.29, 1.82) is 0 Å². The van der Waals surface area contributed by atoms with Gasteiger partial charge in [-0.3, -0.25) is 4.79 Å². The van der Waals surface area contributed by atoms with Crippen molar-refractivity contribution in [3.8, 4) is 5.75 Å². The van der Waals surface area contributed by atoms with Crippen molar-refractivity contribution in [2.24, 2.45) is 0 Å². The zero-order chi connectivity index (χ0) is 21.6. The molecule has 1 aliphatic heterocycles. The molecule has 6 nitrogen and oxygen atoms in total. The monoisotopic (exact) mass is 450 g/mol. The summed E-state index contributed by atoms with van der Waals surface area (Å²) in [6, 6.07) is 13.5. The Kier molecular flexibility index (Phi) is 7.75. The summed E-state index contributed by atoms with van der Waals surface area (Å²) in [5.74, 6) is 0.661. The van der Waals surface area contributed by atoms with Crippen LogP contribution in [0.4, 0.5) is 0 Å². The van der Waals surface area contributed by atoms with E-state index in [-0.39, 0.29) is 23.3 Å². The number of rotatable bonds is 8. The molecule has 1 N–H and O–H groups in total. The smallest absolute Gasteiger partial charge is 0.243 e. The highest BCUT2D eigenvalue weighted by molar-refractivity contribution is 7.89. The first-order valence-electron chi connectivity index (χ1n) is 10.1. The first-order chi connectivity index (χ1) is 14.4. The van der Waals surface area contributed by atoms with Gasteiger partial charge in [-0.25, -0.2) is 8.42 Å². The Labute approximate surface area is 183 Å². The molecule has 30 heavy (non-hydrogen) atoms.